The van der Waals surface area contributed by atoms with Crippen LogP contribution in [0.2, 0.25) is 0 Å². The molecule has 6 heteroatoms. The monoisotopic (exact) mass is 230 g/mol. The molecule has 0 aromatic heterocycles. The third-order valence-corrected chi connectivity index (χ3v) is 2.73. The Hall–Kier alpha value is -1.14. The van der Waals surface area contributed by atoms with Crippen LogP contribution in [0, 0.1) is 0 Å². The van der Waals surface area contributed by atoms with Crippen LogP contribution < -0.4 is 5.73 Å². The molecule has 3 N–H and O–H groups in total. The van der Waals surface area contributed by atoms with E-state index in [0.29, 0.717) is 26.1 Å². The van der Waals surface area contributed by atoms with Gasteiger partial charge < -0.3 is 15.6 Å². The predicted molar refractivity (Wildman–Crippen MR) is 56.8 cm³/mol. The number of carbonyl (C=O) groups excluding carboxylic acids is 1. The molecular formula is C10H18N2O4. The third-order valence-electron chi connectivity index (χ3n) is 2.73. The van der Waals surface area contributed by atoms with Crippen LogP contribution in [0.25, 0.3) is 0 Å². The molecule has 1 amide bonds. The van der Waals surface area contributed by atoms with Gasteiger partial charge in [0.2, 0.25) is 5.91 Å². The molecule has 2 atom stereocenters. The highest BCUT2D eigenvalue weighted by Gasteiger charge is 2.29. The summed E-state index contributed by atoms with van der Waals surface area (Å²) in [5.74, 6) is -1.25. The van der Waals surface area contributed by atoms with Gasteiger partial charge in [-0.15, -0.1) is 0 Å². The van der Waals surface area contributed by atoms with Crippen molar-refractivity contribution in [2.75, 3.05) is 19.7 Å². The smallest absolute Gasteiger partial charge is 0.306 e. The van der Waals surface area contributed by atoms with Gasteiger partial charge in [-0.05, 0) is 6.42 Å². The Balaban J connectivity index is 2.55. The molecule has 0 radical (unpaired) electrons. The first-order chi connectivity index (χ1) is 7.54. The number of ether oxygens (including phenoxy) is 1. The second-order valence-electron chi connectivity index (χ2n) is 3.91. The van der Waals surface area contributed by atoms with E-state index in [1.165, 1.54) is 0 Å². The molecular weight excluding hydrogens is 212 g/mol. The number of rotatable bonds is 5. The molecule has 0 aromatic carbocycles. The first-order valence-electron chi connectivity index (χ1n) is 5.41. The Morgan fingerprint density at radius 2 is 2.31 bits per heavy atom. The van der Waals surface area contributed by atoms with Gasteiger partial charge in [0.05, 0.1) is 25.2 Å². The Morgan fingerprint density at radius 1 is 1.62 bits per heavy atom. The van der Waals surface area contributed by atoms with Crippen molar-refractivity contribution in [3.63, 3.8) is 0 Å². The van der Waals surface area contributed by atoms with Crippen LogP contribution in [0.5, 0.6) is 0 Å². The van der Waals surface area contributed by atoms with Gasteiger partial charge >= 0.3 is 5.97 Å². The zero-order chi connectivity index (χ0) is 12.1. The summed E-state index contributed by atoms with van der Waals surface area (Å²) in [5, 5.41) is 8.67. The summed E-state index contributed by atoms with van der Waals surface area (Å²) in [7, 11) is 0. The number of hydrogen-bond donors (Lipinski definition) is 2. The minimum atomic E-state index is -0.890. The first-order valence-corrected chi connectivity index (χ1v) is 5.41. The number of nitrogens with zero attached hydrogens (tertiary/aromatic N) is 1. The quantitative estimate of drug-likeness (QED) is 0.659. The lowest BCUT2D eigenvalue weighted by Gasteiger charge is -2.36. The Labute approximate surface area is 94.3 Å². The molecule has 6 nitrogen and oxygen atoms in total. The number of carboxylic acid groups (broad SMARTS) is 1. The van der Waals surface area contributed by atoms with Crippen LogP contribution in [0.3, 0.4) is 0 Å². The van der Waals surface area contributed by atoms with Gasteiger partial charge in [-0.3, -0.25) is 14.5 Å². The normalized spacial score (nSPS) is 23.9. The summed E-state index contributed by atoms with van der Waals surface area (Å²) in [4.78, 5) is 23.6. The van der Waals surface area contributed by atoms with E-state index in [-0.39, 0.29) is 24.5 Å². The molecule has 0 bridgehead atoms. The van der Waals surface area contributed by atoms with Crippen LogP contribution in [0.15, 0.2) is 0 Å². The van der Waals surface area contributed by atoms with Crippen molar-refractivity contribution < 1.29 is 19.4 Å². The van der Waals surface area contributed by atoms with Crippen molar-refractivity contribution in [3.05, 3.63) is 0 Å². The maximum atomic E-state index is 11.2. The summed E-state index contributed by atoms with van der Waals surface area (Å²) in [6.45, 7) is 3.41. The van der Waals surface area contributed by atoms with Crippen LogP contribution >= 0.6 is 0 Å². The maximum absolute atomic E-state index is 11.2. The van der Waals surface area contributed by atoms with Crippen molar-refractivity contribution in [1.82, 2.24) is 4.90 Å². The van der Waals surface area contributed by atoms with Crippen molar-refractivity contribution in [2.24, 2.45) is 5.73 Å². The number of carboxylic acids is 1. The number of primary amides is 1. The van der Waals surface area contributed by atoms with Crippen molar-refractivity contribution in [2.45, 2.75) is 31.9 Å². The van der Waals surface area contributed by atoms with E-state index in [1.54, 1.807) is 0 Å². The van der Waals surface area contributed by atoms with Crippen LogP contribution in [-0.4, -0.2) is 53.7 Å². The first kappa shape index (κ1) is 12.9. The standard InChI is InChI=1S/C10H18N2O4/c1-2-8(10(11)15)12-3-4-16-7(6-12)5-9(13)14/h7-8H,2-6H2,1H3,(H2,11,15)(H,13,14). The van der Waals surface area contributed by atoms with Crippen LogP contribution in [-0.2, 0) is 14.3 Å². The minimum absolute atomic E-state index is 0.0360. The van der Waals surface area contributed by atoms with E-state index >= 15 is 0 Å². The van der Waals surface area contributed by atoms with E-state index in [9.17, 15) is 9.59 Å². The average molecular weight is 230 g/mol. The molecule has 0 aliphatic carbocycles. The lowest BCUT2D eigenvalue weighted by atomic mass is 10.1. The molecule has 92 valence electrons. The SMILES string of the molecule is CCC(C(N)=O)N1CCOC(CC(=O)O)C1. The second kappa shape index (κ2) is 5.81. The van der Waals surface area contributed by atoms with E-state index in [0.717, 1.165) is 0 Å². The number of amides is 1. The molecule has 2 unspecified atom stereocenters. The molecule has 0 saturated carbocycles. The summed E-state index contributed by atoms with van der Waals surface area (Å²) in [6, 6.07) is -0.319. The number of aliphatic carboxylic acids is 1. The number of hydrogen-bond acceptors (Lipinski definition) is 4. The highest BCUT2D eigenvalue weighted by Crippen LogP contribution is 2.13. The topological polar surface area (TPSA) is 92.9 Å². The number of carbonyl (C=O) groups is 2. The van der Waals surface area contributed by atoms with Crippen LogP contribution in [0.4, 0.5) is 0 Å². The molecule has 0 spiro atoms. The summed E-state index contributed by atoms with van der Waals surface area (Å²) in [5.41, 5.74) is 5.29. The van der Waals surface area contributed by atoms with E-state index in [2.05, 4.69) is 0 Å². The van der Waals surface area contributed by atoms with Gasteiger partial charge in [0.15, 0.2) is 0 Å². The summed E-state index contributed by atoms with van der Waals surface area (Å²) >= 11 is 0. The number of morpholine rings is 1. The maximum Gasteiger partial charge on any atom is 0.306 e. The fraction of sp³-hybridized carbons (Fsp3) is 0.800. The fourth-order valence-electron chi connectivity index (χ4n) is 1.98. The lowest BCUT2D eigenvalue weighted by molar-refractivity contribution is -0.143. The van der Waals surface area contributed by atoms with E-state index in [1.807, 2.05) is 11.8 Å². The van der Waals surface area contributed by atoms with Crippen molar-refractivity contribution in [1.29, 1.82) is 0 Å². The summed E-state index contributed by atoms with van der Waals surface area (Å²) < 4.78 is 5.32. The van der Waals surface area contributed by atoms with E-state index < -0.39 is 5.97 Å². The molecule has 0 aromatic rings. The molecule has 16 heavy (non-hydrogen) atoms. The highest BCUT2D eigenvalue weighted by atomic mass is 16.5. The molecule has 1 aliphatic heterocycles. The average Bonchev–Trinajstić information content (AvgIpc) is 2.17. The molecule has 1 saturated heterocycles. The largest absolute Gasteiger partial charge is 0.481 e. The highest BCUT2D eigenvalue weighted by molar-refractivity contribution is 5.79. The van der Waals surface area contributed by atoms with Gasteiger partial charge in [-0.25, -0.2) is 0 Å². The third kappa shape index (κ3) is 3.46. The zero-order valence-corrected chi connectivity index (χ0v) is 9.39. The van der Waals surface area contributed by atoms with Gasteiger partial charge in [-0.1, -0.05) is 6.92 Å². The minimum Gasteiger partial charge on any atom is -0.481 e. The van der Waals surface area contributed by atoms with Crippen LogP contribution in [0.1, 0.15) is 19.8 Å². The van der Waals surface area contributed by atoms with Crippen molar-refractivity contribution >= 4 is 11.9 Å². The number of nitrogens with two attached hydrogens (primary N) is 1. The molecule has 1 fully saturated rings. The molecule has 1 heterocycles. The van der Waals surface area contributed by atoms with Gasteiger partial charge in [0, 0.05) is 13.1 Å². The van der Waals surface area contributed by atoms with Crippen molar-refractivity contribution in [3.8, 4) is 0 Å². The fourth-order valence-corrected chi connectivity index (χ4v) is 1.98. The zero-order valence-electron chi connectivity index (χ0n) is 9.39. The molecule has 1 rings (SSSR count). The van der Waals surface area contributed by atoms with Gasteiger partial charge in [-0.2, -0.15) is 0 Å². The Bertz CT molecular complexity index is 270. The lowest BCUT2D eigenvalue weighted by Crippen LogP contribution is -2.52. The Kier molecular flexibility index (Phi) is 4.70. The Morgan fingerprint density at radius 3 is 2.81 bits per heavy atom. The summed E-state index contributed by atoms with van der Waals surface area (Å²) in [6.07, 6.45) is 0.250. The van der Waals surface area contributed by atoms with Gasteiger partial charge in [0.1, 0.15) is 0 Å². The molecule has 1 aliphatic rings. The van der Waals surface area contributed by atoms with Gasteiger partial charge in [0.25, 0.3) is 0 Å². The second-order valence-corrected chi connectivity index (χ2v) is 3.91. The predicted octanol–water partition coefficient (Wildman–Crippen LogP) is -0.574. The van der Waals surface area contributed by atoms with E-state index in [4.69, 9.17) is 15.6 Å².